The van der Waals surface area contributed by atoms with Gasteiger partial charge in [-0.2, -0.15) is 0 Å². The van der Waals surface area contributed by atoms with Crippen molar-refractivity contribution in [3.63, 3.8) is 0 Å². The highest BCUT2D eigenvalue weighted by Gasteiger charge is 2.35. The summed E-state index contributed by atoms with van der Waals surface area (Å²) in [5.41, 5.74) is 0.860. The fourth-order valence-corrected chi connectivity index (χ4v) is 3.14. The molecular weight excluding hydrogens is 332 g/mol. The Hall–Kier alpha value is -2.44. The number of hydrogen-bond acceptors (Lipinski definition) is 4. The van der Waals surface area contributed by atoms with Gasteiger partial charge >= 0.3 is 0 Å². The Morgan fingerprint density at radius 1 is 1.25 bits per heavy atom. The van der Waals surface area contributed by atoms with E-state index in [1.54, 1.807) is 0 Å². The molecule has 0 heterocycles. The second-order valence-electron chi connectivity index (χ2n) is 5.95. The van der Waals surface area contributed by atoms with E-state index in [2.05, 4.69) is 5.32 Å². The Bertz CT molecular complexity index is 797. The van der Waals surface area contributed by atoms with E-state index in [9.17, 15) is 20.0 Å². The summed E-state index contributed by atoms with van der Waals surface area (Å²) >= 11 is 5.95. The van der Waals surface area contributed by atoms with E-state index < -0.39 is 16.4 Å². The number of nitrogens with zero attached hydrogens (tertiary/aromatic N) is 1. The van der Waals surface area contributed by atoms with E-state index in [4.69, 9.17) is 11.6 Å². The van der Waals surface area contributed by atoms with Crippen molar-refractivity contribution >= 4 is 23.2 Å². The number of aliphatic hydroxyl groups is 1. The number of amides is 1. The molecule has 3 rings (SSSR count). The number of halogens is 1. The minimum absolute atomic E-state index is 0.0185. The highest BCUT2D eigenvalue weighted by atomic mass is 35.5. The molecule has 24 heavy (non-hydrogen) atoms. The van der Waals surface area contributed by atoms with Crippen molar-refractivity contribution in [2.24, 2.45) is 0 Å². The van der Waals surface area contributed by atoms with Gasteiger partial charge in [-0.15, -0.1) is 0 Å². The number of nitro groups is 1. The highest BCUT2D eigenvalue weighted by molar-refractivity contribution is 6.33. The van der Waals surface area contributed by atoms with Crippen molar-refractivity contribution in [2.45, 2.75) is 18.4 Å². The van der Waals surface area contributed by atoms with Crippen LogP contribution in [0.4, 0.5) is 5.69 Å². The van der Waals surface area contributed by atoms with Gasteiger partial charge in [0, 0.05) is 31.5 Å². The third kappa shape index (κ3) is 3.25. The van der Waals surface area contributed by atoms with Crippen LogP contribution in [0.25, 0.3) is 0 Å². The number of nitrogens with one attached hydrogen (secondary N) is 1. The lowest BCUT2D eigenvalue weighted by molar-refractivity contribution is -0.384. The van der Waals surface area contributed by atoms with Crippen molar-refractivity contribution in [3.05, 3.63) is 74.3 Å². The SMILES string of the molecule is O=C(NCC1(O)Cc2ccccc2C1)c1cc([N+](=O)[O-])ccc1Cl. The van der Waals surface area contributed by atoms with E-state index in [1.165, 1.54) is 12.1 Å². The molecule has 0 unspecified atom stereocenters. The predicted octanol–water partition coefficient (Wildman–Crippen LogP) is 2.51. The first-order valence-corrected chi connectivity index (χ1v) is 7.77. The molecule has 0 saturated heterocycles. The molecule has 0 fully saturated rings. The molecule has 2 aromatic carbocycles. The number of benzene rings is 2. The summed E-state index contributed by atoms with van der Waals surface area (Å²) in [5, 5.41) is 24.2. The summed E-state index contributed by atoms with van der Waals surface area (Å²) in [6.45, 7) is 0.0412. The Morgan fingerprint density at radius 2 is 1.88 bits per heavy atom. The lowest BCUT2D eigenvalue weighted by Crippen LogP contribution is -2.43. The highest BCUT2D eigenvalue weighted by Crippen LogP contribution is 2.29. The maximum absolute atomic E-state index is 12.3. The van der Waals surface area contributed by atoms with Crippen LogP contribution in [0.1, 0.15) is 21.5 Å². The molecule has 2 aromatic rings. The van der Waals surface area contributed by atoms with Gasteiger partial charge in [-0.25, -0.2) is 0 Å². The normalized spacial score (nSPS) is 14.9. The summed E-state index contributed by atoms with van der Waals surface area (Å²) in [6.07, 6.45) is 0.901. The van der Waals surface area contributed by atoms with Crippen molar-refractivity contribution in [2.75, 3.05) is 6.54 Å². The zero-order valence-corrected chi connectivity index (χ0v) is 13.4. The Labute approximate surface area is 143 Å². The Balaban J connectivity index is 1.71. The molecule has 0 radical (unpaired) electrons. The third-order valence-corrected chi connectivity index (χ3v) is 4.47. The molecule has 0 bridgehead atoms. The van der Waals surface area contributed by atoms with E-state index in [1.807, 2.05) is 24.3 Å². The molecular formula is C17H15ClN2O4. The molecule has 0 spiro atoms. The smallest absolute Gasteiger partial charge is 0.270 e. The van der Waals surface area contributed by atoms with Crippen LogP contribution < -0.4 is 5.32 Å². The van der Waals surface area contributed by atoms with E-state index in [-0.39, 0.29) is 22.8 Å². The summed E-state index contributed by atoms with van der Waals surface area (Å²) in [5.74, 6) is -0.548. The van der Waals surface area contributed by atoms with Crippen LogP contribution >= 0.6 is 11.6 Å². The largest absolute Gasteiger partial charge is 0.387 e. The molecule has 1 amide bonds. The first-order valence-electron chi connectivity index (χ1n) is 7.39. The summed E-state index contributed by atoms with van der Waals surface area (Å²) in [6, 6.07) is 11.4. The number of rotatable bonds is 4. The van der Waals surface area contributed by atoms with Gasteiger partial charge in [0.05, 0.1) is 21.1 Å². The third-order valence-electron chi connectivity index (χ3n) is 4.14. The zero-order valence-electron chi connectivity index (χ0n) is 12.7. The fraction of sp³-hybridized carbons (Fsp3) is 0.235. The lowest BCUT2D eigenvalue weighted by atomic mass is 10.0. The predicted molar refractivity (Wildman–Crippen MR) is 89.2 cm³/mol. The van der Waals surface area contributed by atoms with Gasteiger partial charge in [-0.05, 0) is 17.2 Å². The van der Waals surface area contributed by atoms with Crippen molar-refractivity contribution in [1.29, 1.82) is 0 Å². The van der Waals surface area contributed by atoms with Gasteiger partial charge in [-0.3, -0.25) is 14.9 Å². The van der Waals surface area contributed by atoms with Gasteiger partial charge in [0.2, 0.25) is 0 Å². The van der Waals surface area contributed by atoms with E-state index in [0.717, 1.165) is 17.2 Å². The summed E-state index contributed by atoms with van der Waals surface area (Å²) < 4.78 is 0. The van der Waals surface area contributed by atoms with E-state index in [0.29, 0.717) is 12.8 Å². The van der Waals surface area contributed by atoms with Gasteiger partial charge in [0.1, 0.15) is 0 Å². The van der Waals surface area contributed by atoms with Crippen molar-refractivity contribution < 1.29 is 14.8 Å². The molecule has 2 N–H and O–H groups in total. The number of carbonyl (C=O) groups excluding carboxylic acids is 1. The summed E-state index contributed by atoms with van der Waals surface area (Å²) in [7, 11) is 0. The second kappa shape index (κ2) is 6.22. The van der Waals surface area contributed by atoms with E-state index >= 15 is 0 Å². The monoisotopic (exact) mass is 346 g/mol. The molecule has 0 aliphatic heterocycles. The summed E-state index contributed by atoms with van der Waals surface area (Å²) in [4.78, 5) is 22.5. The first kappa shape index (κ1) is 16.4. The number of hydrogen-bond donors (Lipinski definition) is 2. The second-order valence-corrected chi connectivity index (χ2v) is 6.36. The van der Waals surface area contributed by atoms with Crippen LogP contribution in [0, 0.1) is 10.1 Å². The minimum atomic E-state index is -1.06. The van der Waals surface area contributed by atoms with Crippen LogP contribution in [0.15, 0.2) is 42.5 Å². The average Bonchev–Trinajstić information content (AvgIpc) is 2.89. The van der Waals surface area contributed by atoms with Gasteiger partial charge in [0.25, 0.3) is 11.6 Å². The average molecular weight is 347 g/mol. The van der Waals surface area contributed by atoms with Gasteiger partial charge in [-0.1, -0.05) is 35.9 Å². The molecule has 0 aromatic heterocycles. The number of nitro benzene ring substituents is 1. The first-order chi connectivity index (χ1) is 11.4. The maximum atomic E-state index is 12.3. The van der Waals surface area contributed by atoms with Crippen LogP contribution in [0.5, 0.6) is 0 Å². The Morgan fingerprint density at radius 3 is 2.46 bits per heavy atom. The van der Waals surface area contributed by atoms with Crippen LogP contribution in [-0.4, -0.2) is 28.1 Å². The van der Waals surface area contributed by atoms with Crippen LogP contribution in [0.3, 0.4) is 0 Å². The molecule has 7 heteroatoms. The molecule has 0 saturated carbocycles. The molecule has 1 aliphatic carbocycles. The van der Waals surface area contributed by atoms with Crippen molar-refractivity contribution in [1.82, 2.24) is 5.32 Å². The molecule has 1 aliphatic rings. The lowest BCUT2D eigenvalue weighted by Gasteiger charge is -2.22. The quantitative estimate of drug-likeness (QED) is 0.657. The maximum Gasteiger partial charge on any atom is 0.270 e. The number of non-ortho nitro benzene ring substituents is 1. The fourth-order valence-electron chi connectivity index (χ4n) is 2.94. The minimum Gasteiger partial charge on any atom is -0.387 e. The Kier molecular flexibility index (Phi) is 4.26. The number of carbonyl (C=O) groups is 1. The van der Waals surface area contributed by atoms with Crippen LogP contribution in [0.2, 0.25) is 5.02 Å². The zero-order chi connectivity index (χ0) is 17.3. The number of fused-ring (bicyclic) bond motifs is 1. The van der Waals surface area contributed by atoms with Gasteiger partial charge in [0.15, 0.2) is 0 Å². The van der Waals surface area contributed by atoms with Crippen molar-refractivity contribution in [3.8, 4) is 0 Å². The topological polar surface area (TPSA) is 92.5 Å². The van der Waals surface area contributed by atoms with Crippen LogP contribution in [-0.2, 0) is 12.8 Å². The molecule has 6 nitrogen and oxygen atoms in total. The van der Waals surface area contributed by atoms with Gasteiger partial charge < -0.3 is 10.4 Å². The standard InChI is InChI=1S/C17H15ClN2O4/c18-15-6-5-13(20(23)24)7-14(15)16(21)19-10-17(22)8-11-3-1-2-4-12(11)9-17/h1-7,22H,8-10H2,(H,19,21). The molecule has 124 valence electrons. The molecule has 0 atom stereocenters.